The number of hydrogen-bond acceptors (Lipinski definition) is 3. The van der Waals surface area contributed by atoms with Crippen LogP contribution in [-0.4, -0.2) is 59.9 Å². The van der Waals surface area contributed by atoms with Crippen LogP contribution in [0, 0.1) is 5.41 Å². The number of benzene rings is 1. The predicted octanol–water partition coefficient (Wildman–Crippen LogP) is 3.84. The molecule has 1 aliphatic carbocycles. The summed E-state index contributed by atoms with van der Waals surface area (Å²) >= 11 is 0. The van der Waals surface area contributed by atoms with Crippen LogP contribution in [0.2, 0.25) is 0 Å². The molecule has 2 aliphatic rings. The van der Waals surface area contributed by atoms with Crippen molar-refractivity contribution in [2.24, 2.45) is 5.41 Å². The van der Waals surface area contributed by atoms with Crippen LogP contribution in [0.1, 0.15) is 23.7 Å². The molecule has 1 saturated carbocycles. The van der Waals surface area contributed by atoms with Gasteiger partial charge in [-0.15, -0.1) is 0 Å². The van der Waals surface area contributed by atoms with E-state index in [0.717, 1.165) is 32.1 Å². The van der Waals surface area contributed by atoms with Crippen LogP contribution in [-0.2, 0) is 11.3 Å². The molecule has 1 aromatic carbocycles. The van der Waals surface area contributed by atoms with Gasteiger partial charge in [0.25, 0.3) is 0 Å². The molecule has 0 amide bonds. The predicted molar refractivity (Wildman–Crippen MR) is 96.1 cm³/mol. The van der Waals surface area contributed by atoms with Crippen molar-refractivity contribution < 1.29 is 27.1 Å². The maximum Gasteiger partial charge on any atom is 0.322 e. The molecule has 0 radical (unpaired) electrons. The summed E-state index contributed by atoms with van der Waals surface area (Å²) in [4.78, 5) is 15.2. The van der Waals surface area contributed by atoms with Gasteiger partial charge in [-0.05, 0) is 13.0 Å². The number of ketones is 1. The molecule has 2 aromatic rings. The second-order valence-corrected chi connectivity index (χ2v) is 7.82. The van der Waals surface area contributed by atoms with Gasteiger partial charge in [0.1, 0.15) is 5.41 Å². The van der Waals surface area contributed by atoms with Gasteiger partial charge in [0.2, 0.25) is 0 Å². The maximum atomic E-state index is 14.1. The topological polar surface area (TPSA) is 34.5 Å². The van der Waals surface area contributed by atoms with Crippen molar-refractivity contribution in [1.82, 2.24) is 9.47 Å². The molecule has 0 N–H and O–H groups in total. The van der Waals surface area contributed by atoms with Gasteiger partial charge in [-0.2, -0.15) is 17.6 Å². The number of carbonyl (C=O) groups excluding carboxylic acids is 1. The second-order valence-electron chi connectivity index (χ2n) is 7.82. The van der Waals surface area contributed by atoms with E-state index in [0.29, 0.717) is 25.1 Å². The molecule has 2 heterocycles. The lowest BCUT2D eigenvalue weighted by Gasteiger charge is -2.50. The third-order valence-electron chi connectivity index (χ3n) is 6.02. The molecule has 152 valence electrons. The Balaban J connectivity index is 1.64. The number of alkyl halides is 4. The standard InChI is InChI=1S/C20H22F4N2O2/c1-18(13-19(21,22)20(18,23)24)17(27)15-12-26(16-5-3-2-4-14(15)16)7-6-25-8-10-28-11-9-25/h2-5,12H,6-11,13H2,1H3. The average molecular weight is 398 g/mol. The Bertz CT molecular complexity index is 905. The number of Topliss-reactive ketones (excluding diaryl/α,β-unsaturated/α-hetero) is 1. The molecule has 28 heavy (non-hydrogen) atoms. The van der Waals surface area contributed by atoms with Crippen molar-refractivity contribution in [1.29, 1.82) is 0 Å². The lowest BCUT2D eigenvalue weighted by Crippen LogP contribution is -2.68. The quantitative estimate of drug-likeness (QED) is 0.567. The van der Waals surface area contributed by atoms with Gasteiger partial charge in [0.15, 0.2) is 5.78 Å². The molecule has 1 aliphatic heterocycles. The Morgan fingerprint density at radius 1 is 1.11 bits per heavy atom. The number of carbonyl (C=O) groups is 1. The Morgan fingerprint density at radius 3 is 2.43 bits per heavy atom. The summed E-state index contributed by atoms with van der Waals surface area (Å²) in [6.45, 7) is 5.18. The molecular weight excluding hydrogens is 376 g/mol. The van der Waals surface area contributed by atoms with Gasteiger partial charge < -0.3 is 9.30 Å². The van der Waals surface area contributed by atoms with Gasteiger partial charge in [-0.25, -0.2) is 0 Å². The molecule has 1 atom stereocenters. The fraction of sp³-hybridized carbons (Fsp3) is 0.550. The maximum absolute atomic E-state index is 14.1. The first-order chi connectivity index (χ1) is 13.2. The zero-order valence-electron chi connectivity index (χ0n) is 15.6. The molecule has 8 heteroatoms. The number of nitrogens with zero attached hydrogens (tertiary/aromatic N) is 2. The number of aromatic nitrogens is 1. The zero-order valence-corrected chi connectivity index (χ0v) is 15.6. The highest BCUT2D eigenvalue weighted by Crippen LogP contribution is 2.64. The zero-order chi connectivity index (χ0) is 20.2. The summed E-state index contributed by atoms with van der Waals surface area (Å²) in [5.41, 5.74) is -1.58. The van der Waals surface area contributed by atoms with Crippen LogP contribution in [0.25, 0.3) is 10.9 Å². The van der Waals surface area contributed by atoms with Gasteiger partial charge in [-0.3, -0.25) is 9.69 Å². The van der Waals surface area contributed by atoms with E-state index in [1.54, 1.807) is 24.3 Å². The minimum Gasteiger partial charge on any atom is -0.379 e. The number of rotatable bonds is 5. The summed E-state index contributed by atoms with van der Waals surface area (Å²) in [6.07, 6.45) is 0.393. The highest BCUT2D eigenvalue weighted by Gasteiger charge is 2.80. The minimum atomic E-state index is -4.35. The largest absolute Gasteiger partial charge is 0.379 e. The van der Waals surface area contributed by atoms with E-state index in [1.807, 2.05) is 4.57 Å². The van der Waals surface area contributed by atoms with Gasteiger partial charge in [0, 0.05) is 55.3 Å². The molecule has 4 rings (SSSR count). The smallest absolute Gasteiger partial charge is 0.322 e. The van der Waals surface area contributed by atoms with Crippen molar-refractivity contribution >= 4 is 16.7 Å². The molecule has 2 fully saturated rings. The molecular formula is C20H22F4N2O2. The van der Waals surface area contributed by atoms with E-state index in [4.69, 9.17) is 4.74 Å². The van der Waals surface area contributed by atoms with E-state index in [9.17, 15) is 22.4 Å². The number of ether oxygens (including phenoxy) is 1. The highest BCUT2D eigenvalue weighted by atomic mass is 19.3. The van der Waals surface area contributed by atoms with Crippen molar-refractivity contribution in [2.45, 2.75) is 31.7 Å². The van der Waals surface area contributed by atoms with Crippen molar-refractivity contribution in [2.75, 3.05) is 32.8 Å². The van der Waals surface area contributed by atoms with Crippen LogP contribution < -0.4 is 0 Å². The average Bonchev–Trinajstić information content (AvgIpc) is 3.04. The minimum absolute atomic E-state index is 0.0789. The molecule has 0 spiro atoms. The Morgan fingerprint density at radius 2 is 1.79 bits per heavy atom. The molecule has 0 bridgehead atoms. The fourth-order valence-electron chi connectivity index (χ4n) is 4.17. The second kappa shape index (κ2) is 6.56. The van der Waals surface area contributed by atoms with Crippen molar-refractivity contribution in [3.63, 3.8) is 0 Å². The van der Waals surface area contributed by atoms with Crippen LogP contribution >= 0.6 is 0 Å². The van der Waals surface area contributed by atoms with Crippen LogP contribution in [0.5, 0.6) is 0 Å². The molecule has 1 aromatic heterocycles. The Hall–Kier alpha value is -1.93. The van der Waals surface area contributed by atoms with E-state index in [2.05, 4.69) is 4.90 Å². The SMILES string of the molecule is CC1(C(=O)c2cn(CCN3CCOCC3)c3ccccc23)CC(F)(F)C1(F)F. The Kier molecular flexibility index (Phi) is 4.54. The van der Waals surface area contributed by atoms with Gasteiger partial charge >= 0.3 is 11.8 Å². The van der Waals surface area contributed by atoms with Crippen LogP contribution in [0.15, 0.2) is 30.5 Å². The van der Waals surface area contributed by atoms with E-state index < -0.39 is 29.5 Å². The highest BCUT2D eigenvalue weighted by molar-refractivity contribution is 6.11. The summed E-state index contributed by atoms with van der Waals surface area (Å²) in [6, 6.07) is 6.99. The number of halogens is 4. The third-order valence-corrected chi connectivity index (χ3v) is 6.02. The van der Waals surface area contributed by atoms with Crippen molar-refractivity contribution in [3.8, 4) is 0 Å². The number of para-hydroxylation sites is 1. The lowest BCUT2D eigenvalue weighted by atomic mass is 9.60. The first kappa shape index (κ1) is 19.4. The molecule has 1 unspecified atom stereocenters. The first-order valence-electron chi connectivity index (χ1n) is 9.36. The van der Waals surface area contributed by atoms with Gasteiger partial charge in [-0.1, -0.05) is 18.2 Å². The number of fused-ring (bicyclic) bond motifs is 1. The van der Waals surface area contributed by atoms with Crippen molar-refractivity contribution in [3.05, 3.63) is 36.0 Å². The van der Waals surface area contributed by atoms with E-state index >= 15 is 0 Å². The number of hydrogen-bond donors (Lipinski definition) is 0. The normalized spacial score (nSPS) is 26.9. The number of morpholine rings is 1. The van der Waals surface area contributed by atoms with E-state index in [-0.39, 0.29) is 5.56 Å². The third kappa shape index (κ3) is 2.76. The monoisotopic (exact) mass is 398 g/mol. The van der Waals surface area contributed by atoms with E-state index in [1.165, 1.54) is 6.20 Å². The fourth-order valence-corrected chi connectivity index (χ4v) is 4.17. The van der Waals surface area contributed by atoms with Crippen LogP contribution in [0.3, 0.4) is 0 Å². The lowest BCUT2D eigenvalue weighted by molar-refractivity contribution is -0.333. The first-order valence-corrected chi connectivity index (χ1v) is 9.36. The molecule has 1 saturated heterocycles. The molecule has 4 nitrogen and oxygen atoms in total. The summed E-state index contributed by atoms with van der Waals surface area (Å²) in [5, 5.41) is 0.515. The Labute approximate surface area is 160 Å². The summed E-state index contributed by atoms with van der Waals surface area (Å²) in [5.74, 6) is -9.43. The van der Waals surface area contributed by atoms with Crippen LogP contribution in [0.4, 0.5) is 17.6 Å². The summed E-state index contributed by atoms with van der Waals surface area (Å²) < 4.78 is 62.2. The summed E-state index contributed by atoms with van der Waals surface area (Å²) in [7, 11) is 0. The van der Waals surface area contributed by atoms with Gasteiger partial charge in [0.05, 0.1) is 13.2 Å².